The highest BCUT2D eigenvalue weighted by atomic mass is 19.1. The van der Waals surface area contributed by atoms with E-state index in [1.54, 1.807) is 6.07 Å². The van der Waals surface area contributed by atoms with E-state index in [4.69, 9.17) is 4.52 Å². The van der Waals surface area contributed by atoms with Crippen molar-refractivity contribution in [1.29, 1.82) is 0 Å². The standard InChI is InChI=1S/C19H25FN4O2/c1-2-5-17-22-18(26-23-17)8-4-9-19(25)24-11-10-21-13-16(24)14-6-3-7-15(20)12-14/h3,6-7,12,16,21H,2,4-5,8-11,13H2,1H3. The molecule has 6 nitrogen and oxygen atoms in total. The molecule has 2 aromatic rings. The van der Waals surface area contributed by atoms with Crippen LogP contribution in [0, 0.1) is 5.82 Å². The Balaban J connectivity index is 1.56. The maximum atomic E-state index is 13.6. The summed E-state index contributed by atoms with van der Waals surface area (Å²) in [6.45, 7) is 4.08. The van der Waals surface area contributed by atoms with Gasteiger partial charge in [0.25, 0.3) is 0 Å². The Bertz CT molecular complexity index is 734. The van der Waals surface area contributed by atoms with E-state index in [9.17, 15) is 9.18 Å². The van der Waals surface area contributed by atoms with Crippen molar-refractivity contribution in [2.75, 3.05) is 19.6 Å². The third-order valence-electron chi connectivity index (χ3n) is 4.56. The van der Waals surface area contributed by atoms with Crippen molar-refractivity contribution in [1.82, 2.24) is 20.4 Å². The summed E-state index contributed by atoms with van der Waals surface area (Å²) >= 11 is 0. The summed E-state index contributed by atoms with van der Waals surface area (Å²) in [5, 5.41) is 7.21. The fourth-order valence-corrected chi connectivity index (χ4v) is 3.27. The van der Waals surface area contributed by atoms with Crippen LogP contribution in [0.1, 0.15) is 49.5 Å². The number of aryl methyl sites for hydroxylation is 2. The predicted octanol–water partition coefficient (Wildman–Crippen LogP) is 2.66. The van der Waals surface area contributed by atoms with E-state index < -0.39 is 0 Å². The van der Waals surface area contributed by atoms with Crippen molar-refractivity contribution in [3.05, 3.63) is 47.4 Å². The second-order valence-corrected chi connectivity index (χ2v) is 6.57. The van der Waals surface area contributed by atoms with E-state index in [1.165, 1.54) is 12.1 Å². The number of piperazine rings is 1. The van der Waals surface area contributed by atoms with Crippen molar-refractivity contribution < 1.29 is 13.7 Å². The number of hydrogen-bond donors (Lipinski definition) is 1. The number of nitrogens with one attached hydrogen (secondary N) is 1. The first-order valence-corrected chi connectivity index (χ1v) is 9.24. The van der Waals surface area contributed by atoms with E-state index in [0.29, 0.717) is 38.2 Å². The first kappa shape index (κ1) is 18.5. The number of halogens is 1. The maximum Gasteiger partial charge on any atom is 0.226 e. The van der Waals surface area contributed by atoms with Gasteiger partial charge < -0.3 is 14.7 Å². The molecule has 26 heavy (non-hydrogen) atoms. The third-order valence-corrected chi connectivity index (χ3v) is 4.56. The Hall–Kier alpha value is -2.28. The molecular weight excluding hydrogens is 335 g/mol. The number of amides is 1. The Morgan fingerprint density at radius 3 is 3.12 bits per heavy atom. The van der Waals surface area contributed by atoms with Crippen LogP contribution in [-0.2, 0) is 17.6 Å². The number of hydrogen-bond acceptors (Lipinski definition) is 5. The summed E-state index contributed by atoms with van der Waals surface area (Å²) in [5.74, 6) is 1.11. The molecule has 1 aromatic heterocycles. The van der Waals surface area contributed by atoms with E-state index in [-0.39, 0.29) is 17.8 Å². The van der Waals surface area contributed by atoms with Gasteiger partial charge in [-0.05, 0) is 30.5 Å². The van der Waals surface area contributed by atoms with E-state index in [0.717, 1.165) is 30.8 Å². The van der Waals surface area contributed by atoms with Gasteiger partial charge in [0.15, 0.2) is 5.82 Å². The molecule has 1 aromatic carbocycles. The molecule has 2 heterocycles. The average molecular weight is 360 g/mol. The van der Waals surface area contributed by atoms with Crippen molar-refractivity contribution in [2.24, 2.45) is 0 Å². The van der Waals surface area contributed by atoms with Crippen LogP contribution in [0.2, 0.25) is 0 Å². The molecule has 140 valence electrons. The molecule has 1 N–H and O–H groups in total. The van der Waals surface area contributed by atoms with Gasteiger partial charge in [-0.1, -0.05) is 24.2 Å². The van der Waals surface area contributed by atoms with Gasteiger partial charge in [0.05, 0.1) is 6.04 Å². The molecule has 1 unspecified atom stereocenters. The number of carbonyl (C=O) groups excluding carboxylic acids is 1. The molecule has 1 aliphatic heterocycles. The fourth-order valence-electron chi connectivity index (χ4n) is 3.27. The lowest BCUT2D eigenvalue weighted by Gasteiger charge is -2.36. The number of aromatic nitrogens is 2. The predicted molar refractivity (Wildman–Crippen MR) is 95.0 cm³/mol. The molecule has 1 amide bonds. The highest BCUT2D eigenvalue weighted by molar-refractivity contribution is 5.77. The molecule has 1 saturated heterocycles. The van der Waals surface area contributed by atoms with Crippen LogP contribution in [0.5, 0.6) is 0 Å². The Morgan fingerprint density at radius 1 is 1.42 bits per heavy atom. The molecule has 0 saturated carbocycles. The summed E-state index contributed by atoms with van der Waals surface area (Å²) < 4.78 is 18.8. The number of rotatable bonds is 7. The van der Waals surface area contributed by atoms with Crippen LogP contribution >= 0.6 is 0 Å². The zero-order valence-electron chi connectivity index (χ0n) is 15.1. The van der Waals surface area contributed by atoms with Crippen LogP contribution in [-0.4, -0.2) is 40.6 Å². The quantitative estimate of drug-likeness (QED) is 0.822. The van der Waals surface area contributed by atoms with E-state index >= 15 is 0 Å². The number of benzene rings is 1. The Kier molecular flexibility index (Phi) is 6.33. The van der Waals surface area contributed by atoms with Crippen molar-refractivity contribution in [3.8, 4) is 0 Å². The number of nitrogens with zero attached hydrogens (tertiary/aromatic N) is 3. The lowest BCUT2D eigenvalue weighted by Crippen LogP contribution is -2.48. The first-order chi connectivity index (χ1) is 12.7. The zero-order chi connectivity index (χ0) is 18.4. The molecule has 0 radical (unpaired) electrons. The SMILES string of the molecule is CCCc1noc(CCCC(=O)N2CCNCC2c2cccc(F)c2)n1. The minimum absolute atomic E-state index is 0.0778. The largest absolute Gasteiger partial charge is 0.339 e. The highest BCUT2D eigenvalue weighted by Crippen LogP contribution is 2.24. The minimum Gasteiger partial charge on any atom is -0.339 e. The van der Waals surface area contributed by atoms with Gasteiger partial charge in [-0.2, -0.15) is 4.98 Å². The summed E-state index contributed by atoms with van der Waals surface area (Å²) in [7, 11) is 0. The maximum absolute atomic E-state index is 13.6. The Labute approximate surface area is 152 Å². The van der Waals surface area contributed by atoms with Crippen LogP contribution in [0.4, 0.5) is 4.39 Å². The van der Waals surface area contributed by atoms with Gasteiger partial charge >= 0.3 is 0 Å². The molecule has 1 atom stereocenters. The van der Waals surface area contributed by atoms with Crippen molar-refractivity contribution >= 4 is 5.91 Å². The van der Waals surface area contributed by atoms with Crippen molar-refractivity contribution in [2.45, 2.75) is 45.1 Å². The molecule has 0 bridgehead atoms. The lowest BCUT2D eigenvalue weighted by atomic mass is 10.0. The monoisotopic (exact) mass is 360 g/mol. The van der Waals surface area contributed by atoms with Gasteiger partial charge in [0, 0.05) is 38.9 Å². The minimum atomic E-state index is -0.278. The summed E-state index contributed by atoms with van der Waals surface area (Å²) in [6, 6.07) is 6.35. The number of carbonyl (C=O) groups is 1. The van der Waals surface area contributed by atoms with Crippen LogP contribution in [0.15, 0.2) is 28.8 Å². The summed E-state index contributed by atoms with van der Waals surface area (Å²) in [6.07, 6.45) is 3.45. The third kappa shape index (κ3) is 4.66. The van der Waals surface area contributed by atoms with Gasteiger partial charge in [-0.15, -0.1) is 0 Å². The highest BCUT2D eigenvalue weighted by Gasteiger charge is 2.27. The topological polar surface area (TPSA) is 71.3 Å². The molecule has 0 spiro atoms. The summed E-state index contributed by atoms with van der Waals surface area (Å²) in [4.78, 5) is 18.9. The molecular formula is C19H25FN4O2. The van der Waals surface area contributed by atoms with Gasteiger partial charge in [0.1, 0.15) is 5.82 Å². The van der Waals surface area contributed by atoms with E-state index in [2.05, 4.69) is 22.4 Å². The normalized spacial score (nSPS) is 17.5. The van der Waals surface area contributed by atoms with Crippen LogP contribution in [0.25, 0.3) is 0 Å². The lowest BCUT2D eigenvalue weighted by molar-refractivity contribution is -0.134. The first-order valence-electron chi connectivity index (χ1n) is 9.24. The van der Waals surface area contributed by atoms with E-state index in [1.807, 2.05) is 11.0 Å². The second-order valence-electron chi connectivity index (χ2n) is 6.57. The molecule has 1 aliphatic rings. The molecule has 7 heteroatoms. The van der Waals surface area contributed by atoms with Crippen molar-refractivity contribution in [3.63, 3.8) is 0 Å². The summed E-state index contributed by atoms with van der Waals surface area (Å²) in [5.41, 5.74) is 0.826. The average Bonchev–Trinajstić information content (AvgIpc) is 3.09. The van der Waals surface area contributed by atoms with Gasteiger partial charge in [-0.3, -0.25) is 4.79 Å². The smallest absolute Gasteiger partial charge is 0.226 e. The second kappa shape index (κ2) is 8.89. The zero-order valence-corrected chi connectivity index (χ0v) is 15.1. The Morgan fingerprint density at radius 2 is 2.31 bits per heavy atom. The molecule has 0 aliphatic carbocycles. The van der Waals surface area contributed by atoms with Crippen LogP contribution < -0.4 is 5.32 Å². The molecule has 3 rings (SSSR count). The van der Waals surface area contributed by atoms with Gasteiger partial charge in [0.2, 0.25) is 11.8 Å². The molecule has 1 fully saturated rings. The van der Waals surface area contributed by atoms with Gasteiger partial charge in [-0.25, -0.2) is 4.39 Å². The fraction of sp³-hybridized carbons (Fsp3) is 0.526. The van der Waals surface area contributed by atoms with Crippen LogP contribution in [0.3, 0.4) is 0 Å².